The smallest absolute Gasteiger partial charge is 0.252 e. The maximum atomic E-state index is 9.05. The number of anilines is 5. The van der Waals surface area contributed by atoms with E-state index in [1.165, 1.54) is 0 Å². The predicted octanol–water partition coefficient (Wildman–Crippen LogP) is 7.50. The van der Waals surface area contributed by atoms with Crippen molar-refractivity contribution in [1.29, 1.82) is 0 Å². The van der Waals surface area contributed by atoms with Crippen LogP contribution in [0, 0.1) is 6.85 Å². The van der Waals surface area contributed by atoms with Crippen molar-refractivity contribution in [2.45, 2.75) is 57.3 Å². The third-order valence-corrected chi connectivity index (χ3v) is 10.6. The van der Waals surface area contributed by atoms with Gasteiger partial charge in [0.25, 0.3) is 6.71 Å². The van der Waals surface area contributed by atoms with Crippen LogP contribution in [-0.2, 0) is 5.41 Å². The minimum Gasteiger partial charge on any atom is -0.335 e. The fraction of sp³-hybridized carbons (Fsp3) is 0.243. The van der Waals surface area contributed by atoms with Crippen LogP contribution in [0.5, 0.6) is 0 Å². The summed E-state index contributed by atoms with van der Waals surface area (Å²) in [6, 6.07) is 20.4. The zero-order valence-electron chi connectivity index (χ0n) is 30.7. The van der Waals surface area contributed by atoms with Gasteiger partial charge in [-0.25, -0.2) is 0 Å². The molecule has 0 saturated heterocycles. The van der Waals surface area contributed by atoms with Crippen molar-refractivity contribution in [2.24, 2.45) is 0 Å². The summed E-state index contributed by atoms with van der Waals surface area (Å²) in [5.74, 6) is 0. The topological polar surface area (TPSA) is 6.48 Å². The first kappa shape index (κ1) is 16.3. The third kappa shape index (κ3) is 2.53. The van der Waals surface area contributed by atoms with Gasteiger partial charge in [-0.3, -0.25) is 0 Å². The summed E-state index contributed by atoms with van der Waals surface area (Å²) in [5.41, 5.74) is 6.51. The van der Waals surface area contributed by atoms with Gasteiger partial charge in [-0.05, 0) is 83.7 Å². The Labute approximate surface area is 248 Å². The van der Waals surface area contributed by atoms with E-state index in [4.69, 9.17) is 11.0 Å². The number of hydrogen-bond acceptors (Lipinski definition) is 2. The van der Waals surface area contributed by atoms with Crippen LogP contribution in [0.3, 0.4) is 0 Å². The second-order valence-electron chi connectivity index (χ2n) is 12.3. The molecule has 194 valence electrons. The van der Waals surface area contributed by atoms with Gasteiger partial charge in [0.2, 0.25) is 0 Å². The van der Waals surface area contributed by atoms with E-state index >= 15 is 0 Å². The number of hydrogen-bond donors (Lipinski definition) is 0. The molecule has 0 N–H and O–H groups in total. The van der Waals surface area contributed by atoms with Gasteiger partial charge < -0.3 is 9.80 Å². The first-order valence-corrected chi connectivity index (χ1v) is 14.3. The van der Waals surface area contributed by atoms with Crippen LogP contribution in [0.1, 0.15) is 61.6 Å². The lowest BCUT2D eigenvalue weighted by molar-refractivity contribution is 0.194. The molecule has 5 aromatic carbocycles. The molecule has 1 fully saturated rings. The highest BCUT2D eigenvalue weighted by Crippen LogP contribution is 2.63. The number of aryl methyl sites for hydroxylation is 1. The van der Waals surface area contributed by atoms with Crippen LogP contribution >= 0.6 is 0 Å². The highest BCUT2D eigenvalue weighted by molar-refractivity contribution is 7.00. The Morgan fingerprint density at radius 1 is 0.825 bits per heavy atom. The van der Waals surface area contributed by atoms with E-state index in [9.17, 15) is 0 Å². The van der Waals surface area contributed by atoms with E-state index in [-0.39, 0.29) is 30.0 Å². The molecule has 1 saturated carbocycles. The number of para-hydroxylation sites is 2. The Kier molecular flexibility index (Phi) is 3.10. The Hall–Kier alpha value is -3.98. The van der Waals surface area contributed by atoms with Crippen molar-refractivity contribution in [1.82, 2.24) is 0 Å². The Bertz CT molecular complexity index is 2240. The molecule has 0 spiro atoms. The molecule has 3 aliphatic heterocycles. The normalized spacial score (nSPS) is 26.7. The monoisotopic (exact) mass is 524 g/mol. The van der Waals surface area contributed by atoms with E-state index in [1.54, 1.807) is 11.0 Å². The fourth-order valence-corrected chi connectivity index (χ4v) is 8.68. The highest BCUT2D eigenvalue weighted by Gasteiger charge is 2.62. The number of fused-ring (bicyclic) bond motifs is 10. The number of rotatable bonds is 1. The quantitative estimate of drug-likeness (QED) is 0.206. The first-order valence-electron chi connectivity index (χ1n) is 18.3. The van der Waals surface area contributed by atoms with E-state index in [0.717, 1.165) is 69.8 Å². The highest BCUT2D eigenvalue weighted by atomic mass is 15.3. The second-order valence-corrected chi connectivity index (χ2v) is 12.3. The number of benzene rings is 5. The molecule has 2 nitrogen and oxygen atoms in total. The van der Waals surface area contributed by atoms with Gasteiger partial charge >= 0.3 is 0 Å². The van der Waals surface area contributed by atoms with Crippen molar-refractivity contribution in [3.05, 3.63) is 108 Å². The summed E-state index contributed by atoms with van der Waals surface area (Å²) >= 11 is 0. The zero-order chi connectivity index (χ0) is 33.7. The van der Waals surface area contributed by atoms with Crippen LogP contribution < -0.4 is 26.2 Å². The van der Waals surface area contributed by atoms with Gasteiger partial charge in [0.15, 0.2) is 0 Å². The first-order chi connectivity index (χ1) is 22.8. The molecule has 9 rings (SSSR count). The molecule has 1 aliphatic carbocycles. The molecule has 40 heavy (non-hydrogen) atoms. The lowest BCUT2D eigenvalue weighted by atomic mass is 9.33. The molecule has 3 heteroatoms. The van der Waals surface area contributed by atoms with Crippen LogP contribution in [0.4, 0.5) is 28.4 Å². The molecule has 2 unspecified atom stereocenters. The van der Waals surface area contributed by atoms with Crippen molar-refractivity contribution < 1.29 is 11.0 Å². The molecule has 5 aromatic rings. The van der Waals surface area contributed by atoms with Gasteiger partial charge in [-0.1, -0.05) is 92.5 Å². The molecule has 3 heterocycles. The molecular weight excluding hydrogens is 483 g/mol. The minimum atomic E-state index is -2.46. The molecule has 2 atom stereocenters. The zero-order valence-corrected chi connectivity index (χ0v) is 22.7. The molecule has 4 aliphatic rings. The lowest BCUT2D eigenvalue weighted by Gasteiger charge is -2.52. The average molecular weight is 525 g/mol. The van der Waals surface area contributed by atoms with Crippen LogP contribution in [0.15, 0.2) is 96.9 Å². The van der Waals surface area contributed by atoms with Crippen LogP contribution in [-0.4, -0.2) is 12.3 Å². The summed E-state index contributed by atoms with van der Waals surface area (Å²) in [6.45, 7) is 1.83. The predicted molar refractivity (Wildman–Crippen MR) is 171 cm³/mol. The van der Waals surface area contributed by atoms with Gasteiger partial charge in [0.1, 0.15) is 0 Å². The summed E-state index contributed by atoms with van der Waals surface area (Å²) in [7, 11) is 0. The fourth-order valence-electron chi connectivity index (χ4n) is 8.68. The van der Waals surface area contributed by atoms with Crippen molar-refractivity contribution in [3.63, 3.8) is 0 Å². The molecule has 0 amide bonds. The molecule has 0 radical (unpaired) electrons. The summed E-state index contributed by atoms with van der Waals surface area (Å²) in [6.07, 6.45) is 3.77. The summed E-state index contributed by atoms with van der Waals surface area (Å²) in [4.78, 5) is 4.21. The SMILES string of the molecule is [2H]c1c([2H])c([2H])c(N2c3ccccc3B3c4ccc5ccccc5c4N4c5c3c2cc(C([2H])([2H])[2H])c5C2(C)CCCCC42C)c([2H])c1[2H]. The Morgan fingerprint density at radius 3 is 2.50 bits per heavy atom. The summed E-state index contributed by atoms with van der Waals surface area (Å²) < 4.78 is 70.4. The largest absolute Gasteiger partial charge is 0.335 e. The van der Waals surface area contributed by atoms with E-state index in [0.29, 0.717) is 11.4 Å². The van der Waals surface area contributed by atoms with Crippen LogP contribution in [0.2, 0.25) is 0 Å². The minimum absolute atomic E-state index is 0.0169. The Balaban J connectivity index is 1.51. The van der Waals surface area contributed by atoms with E-state index in [1.807, 2.05) is 24.3 Å². The average Bonchev–Trinajstić information content (AvgIpc) is 3.29. The Morgan fingerprint density at radius 2 is 1.62 bits per heavy atom. The number of nitrogens with zero attached hydrogens (tertiary/aromatic N) is 2. The van der Waals surface area contributed by atoms with Gasteiger partial charge in [-0.2, -0.15) is 0 Å². The lowest BCUT2D eigenvalue weighted by Crippen LogP contribution is -2.64. The van der Waals surface area contributed by atoms with Gasteiger partial charge in [0, 0.05) is 43.4 Å². The van der Waals surface area contributed by atoms with Crippen molar-refractivity contribution >= 4 is 62.3 Å². The van der Waals surface area contributed by atoms with E-state index < -0.39 is 35.9 Å². The summed E-state index contributed by atoms with van der Waals surface area (Å²) in [5, 5.41) is 2.24. The molecule has 0 bridgehead atoms. The van der Waals surface area contributed by atoms with Crippen molar-refractivity contribution in [2.75, 3.05) is 9.80 Å². The second kappa shape index (κ2) is 7.60. The van der Waals surface area contributed by atoms with E-state index in [2.05, 4.69) is 55.1 Å². The maximum absolute atomic E-state index is 9.05. The van der Waals surface area contributed by atoms with Gasteiger partial charge in [-0.15, -0.1) is 0 Å². The molecular formula is C37H33BN2. The maximum Gasteiger partial charge on any atom is 0.252 e. The third-order valence-electron chi connectivity index (χ3n) is 10.6. The van der Waals surface area contributed by atoms with Crippen molar-refractivity contribution in [3.8, 4) is 0 Å². The van der Waals surface area contributed by atoms with Crippen LogP contribution in [0.25, 0.3) is 10.8 Å². The molecule has 0 aromatic heterocycles. The standard InChI is InChI=1S/C37H33BN2/c1-24-23-31-33-35-32(24)36(2)21-11-12-22-37(36,3)40(35)34-27-16-8-7-13-25(27)19-20-29(34)38(33)28-17-9-10-18-30(28)39(31)26-14-5-4-6-15-26/h4-10,13-20,23H,11-12,21-22H2,1-3H3/i1D3,4D,5D,6D,14D,15D. The van der Waals surface area contributed by atoms with Gasteiger partial charge in [0.05, 0.1) is 12.4 Å².